The highest BCUT2D eigenvalue weighted by Gasteiger charge is 2.40. The molecule has 3 heteroatoms. The lowest BCUT2D eigenvalue weighted by atomic mass is 9.82. The lowest BCUT2D eigenvalue weighted by molar-refractivity contribution is -0.0819. The minimum atomic E-state index is -0.0725. The van der Waals surface area contributed by atoms with Crippen LogP contribution in [0.2, 0.25) is 0 Å². The maximum Gasteiger partial charge on any atom is 0.0783 e. The molecule has 0 saturated carbocycles. The third-order valence-corrected chi connectivity index (χ3v) is 5.42. The van der Waals surface area contributed by atoms with Crippen LogP contribution in [0.25, 0.3) is 0 Å². The van der Waals surface area contributed by atoms with Crippen molar-refractivity contribution in [3.8, 4) is 0 Å². The average Bonchev–Trinajstić information content (AvgIpc) is 2.75. The molecule has 0 aromatic rings. The minimum Gasteiger partial charge on any atom is -0.393 e. The van der Waals surface area contributed by atoms with Gasteiger partial charge in [-0.1, -0.05) is 13.3 Å². The summed E-state index contributed by atoms with van der Waals surface area (Å²) >= 11 is 2.04. The molecule has 0 radical (unpaired) electrons. The Bertz CT molecular complexity index is 226. The molecule has 2 rings (SSSR count). The normalized spacial score (nSPS) is 35.3. The van der Waals surface area contributed by atoms with Crippen LogP contribution in [0.3, 0.4) is 0 Å². The van der Waals surface area contributed by atoms with Gasteiger partial charge in [0.25, 0.3) is 0 Å². The molecule has 100 valence electrons. The summed E-state index contributed by atoms with van der Waals surface area (Å²) in [5, 5.41) is 9.80. The van der Waals surface area contributed by atoms with Crippen LogP contribution in [0.4, 0.5) is 0 Å². The molecular formula is C14H26O2S. The number of hydrogen-bond acceptors (Lipinski definition) is 3. The summed E-state index contributed by atoms with van der Waals surface area (Å²) in [5.41, 5.74) is 0.212. The van der Waals surface area contributed by atoms with Gasteiger partial charge in [0.15, 0.2) is 0 Å². The summed E-state index contributed by atoms with van der Waals surface area (Å²) in [4.78, 5) is 0. The first-order valence-electron chi connectivity index (χ1n) is 7.14. The Morgan fingerprint density at radius 2 is 2.35 bits per heavy atom. The van der Waals surface area contributed by atoms with Crippen molar-refractivity contribution in [2.45, 2.75) is 63.6 Å². The van der Waals surface area contributed by atoms with Gasteiger partial charge in [-0.2, -0.15) is 11.8 Å². The Labute approximate surface area is 110 Å². The first-order valence-corrected chi connectivity index (χ1v) is 8.29. The Morgan fingerprint density at radius 1 is 1.47 bits per heavy atom. The fourth-order valence-corrected chi connectivity index (χ4v) is 4.52. The molecule has 1 spiro atoms. The Balaban J connectivity index is 1.74. The molecule has 2 aliphatic heterocycles. The highest BCUT2D eigenvalue weighted by atomic mass is 32.2. The molecule has 2 heterocycles. The summed E-state index contributed by atoms with van der Waals surface area (Å²) in [7, 11) is 0. The first kappa shape index (κ1) is 13.7. The van der Waals surface area contributed by atoms with Crippen LogP contribution >= 0.6 is 11.8 Å². The van der Waals surface area contributed by atoms with E-state index in [4.69, 9.17) is 4.74 Å². The zero-order valence-corrected chi connectivity index (χ0v) is 11.8. The van der Waals surface area contributed by atoms with Crippen LogP contribution in [0.5, 0.6) is 0 Å². The van der Waals surface area contributed by atoms with Gasteiger partial charge in [-0.15, -0.1) is 0 Å². The summed E-state index contributed by atoms with van der Waals surface area (Å²) in [6.45, 7) is 3.08. The monoisotopic (exact) mass is 258 g/mol. The van der Waals surface area contributed by atoms with Crippen LogP contribution in [0.15, 0.2) is 0 Å². The highest BCUT2D eigenvalue weighted by Crippen LogP contribution is 2.41. The Kier molecular flexibility index (Phi) is 5.19. The van der Waals surface area contributed by atoms with Crippen LogP contribution in [-0.2, 0) is 4.74 Å². The van der Waals surface area contributed by atoms with Gasteiger partial charge in [0, 0.05) is 12.4 Å². The Hall–Kier alpha value is 0.270. The van der Waals surface area contributed by atoms with Crippen molar-refractivity contribution < 1.29 is 9.84 Å². The van der Waals surface area contributed by atoms with Gasteiger partial charge in [-0.05, 0) is 50.2 Å². The quantitative estimate of drug-likeness (QED) is 0.821. The second-order valence-electron chi connectivity index (χ2n) is 5.71. The van der Waals surface area contributed by atoms with E-state index in [9.17, 15) is 5.11 Å². The lowest BCUT2D eigenvalue weighted by Crippen LogP contribution is -2.40. The molecule has 2 fully saturated rings. The van der Waals surface area contributed by atoms with E-state index in [1.807, 2.05) is 11.8 Å². The van der Waals surface area contributed by atoms with Gasteiger partial charge in [-0.25, -0.2) is 0 Å². The second-order valence-corrected chi connectivity index (χ2v) is 6.82. The topological polar surface area (TPSA) is 29.5 Å². The van der Waals surface area contributed by atoms with Crippen molar-refractivity contribution in [1.82, 2.24) is 0 Å². The number of thioether (sulfide) groups is 1. The maximum absolute atomic E-state index is 9.80. The number of ether oxygens (including phenoxy) is 1. The molecule has 0 aliphatic carbocycles. The van der Waals surface area contributed by atoms with Crippen molar-refractivity contribution in [2.24, 2.45) is 5.92 Å². The van der Waals surface area contributed by atoms with Crippen LogP contribution < -0.4 is 0 Å². The van der Waals surface area contributed by atoms with Gasteiger partial charge < -0.3 is 9.84 Å². The fourth-order valence-electron chi connectivity index (χ4n) is 3.14. The van der Waals surface area contributed by atoms with Crippen molar-refractivity contribution in [3.05, 3.63) is 0 Å². The second kappa shape index (κ2) is 6.44. The number of rotatable bonds is 5. The summed E-state index contributed by atoms with van der Waals surface area (Å²) in [5.74, 6) is 3.25. The van der Waals surface area contributed by atoms with Crippen LogP contribution in [-0.4, -0.2) is 34.9 Å². The van der Waals surface area contributed by atoms with E-state index in [-0.39, 0.29) is 11.7 Å². The molecule has 0 bridgehead atoms. The molecule has 0 aromatic heterocycles. The van der Waals surface area contributed by atoms with Crippen molar-refractivity contribution in [3.63, 3.8) is 0 Å². The molecule has 2 aliphatic rings. The van der Waals surface area contributed by atoms with Crippen LogP contribution in [0.1, 0.15) is 51.9 Å². The lowest BCUT2D eigenvalue weighted by Gasteiger charge is -2.38. The van der Waals surface area contributed by atoms with Crippen LogP contribution in [0, 0.1) is 5.92 Å². The molecule has 17 heavy (non-hydrogen) atoms. The van der Waals surface area contributed by atoms with Gasteiger partial charge in [-0.3, -0.25) is 0 Å². The zero-order valence-electron chi connectivity index (χ0n) is 11.0. The molecule has 3 unspecified atom stereocenters. The zero-order chi connectivity index (χ0) is 12.1. The van der Waals surface area contributed by atoms with E-state index in [1.165, 1.54) is 37.2 Å². The van der Waals surface area contributed by atoms with Gasteiger partial charge in [0.1, 0.15) is 0 Å². The maximum atomic E-state index is 9.80. The molecular weight excluding hydrogens is 232 g/mol. The van der Waals surface area contributed by atoms with E-state index in [0.717, 1.165) is 31.8 Å². The largest absolute Gasteiger partial charge is 0.393 e. The minimum absolute atomic E-state index is 0.0725. The molecule has 3 atom stereocenters. The molecule has 0 amide bonds. The van der Waals surface area contributed by atoms with E-state index in [2.05, 4.69) is 6.92 Å². The fraction of sp³-hybridized carbons (Fsp3) is 1.00. The van der Waals surface area contributed by atoms with Crippen molar-refractivity contribution >= 4 is 11.8 Å². The molecule has 2 nitrogen and oxygen atoms in total. The van der Waals surface area contributed by atoms with E-state index in [0.29, 0.717) is 0 Å². The highest BCUT2D eigenvalue weighted by molar-refractivity contribution is 7.99. The van der Waals surface area contributed by atoms with E-state index >= 15 is 0 Å². The van der Waals surface area contributed by atoms with E-state index < -0.39 is 0 Å². The van der Waals surface area contributed by atoms with Crippen molar-refractivity contribution in [2.75, 3.05) is 18.1 Å². The standard InChI is InChI=1S/C14H26O2S/c1-2-3-13(15)5-4-12-6-8-16-14(10-12)7-9-17-11-14/h12-13,15H,2-11H2,1H3. The number of aliphatic hydroxyl groups excluding tert-OH is 1. The predicted molar refractivity (Wildman–Crippen MR) is 73.5 cm³/mol. The molecule has 1 N–H and O–H groups in total. The summed E-state index contributed by atoms with van der Waals surface area (Å²) < 4.78 is 6.03. The first-order chi connectivity index (χ1) is 8.24. The third-order valence-electron chi connectivity index (χ3n) is 4.19. The third kappa shape index (κ3) is 3.87. The van der Waals surface area contributed by atoms with Crippen molar-refractivity contribution in [1.29, 1.82) is 0 Å². The predicted octanol–water partition coefficient (Wildman–Crippen LogP) is 3.23. The van der Waals surface area contributed by atoms with Gasteiger partial charge >= 0.3 is 0 Å². The average molecular weight is 258 g/mol. The molecule has 2 saturated heterocycles. The SMILES string of the molecule is CCCC(O)CCC1CCOC2(CCSC2)C1. The number of hydrogen-bond donors (Lipinski definition) is 1. The van der Waals surface area contributed by atoms with Gasteiger partial charge in [0.2, 0.25) is 0 Å². The van der Waals surface area contributed by atoms with E-state index in [1.54, 1.807) is 0 Å². The molecule has 0 aromatic carbocycles. The Morgan fingerprint density at radius 3 is 3.06 bits per heavy atom. The smallest absolute Gasteiger partial charge is 0.0783 e. The summed E-state index contributed by atoms with van der Waals surface area (Å²) in [6, 6.07) is 0. The summed E-state index contributed by atoms with van der Waals surface area (Å²) in [6.07, 6.45) is 7.84. The number of aliphatic hydroxyl groups is 1. The van der Waals surface area contributed by atoms with Gasteiger partial charge in [0.05, 0.1) is 11.7 Å².